The third-order valence-electron chi connectivity index (χ3n) is 3.51. The minimum atomic E-state index is 0.140. The van der Waals surface area contributed by atoms with Crippen LogP contribution in [0.2, 0.25) is 0 Å². The van der Waals surface area contributed by atoms with E-state index in [4.69, 9.17) is 4.74 Å². The Balaban J connectivity index is 1.87. The summed E-state index contributed by atoms with van der Waals surface area (Å²) in [6.45, 7) is 3.17. The molecule has 1 amide bonds. The van der Waals surface area contributed by atoms with Gasteiger partial charge in [0, 0.05) is 26.2 Å². The van der Waals surface area contributed by atoms with Crippen molar-refractivity contribution in [3.63, 3.8) is 0 Å². The average Bonchev–Trinajstić information content (AvgIpc) is 2.29. The van der Waals surface area contributed by atoms with E-state index < -0.39 is 0 Å². The summed E-state index contributed by atoms with van der Waals surface area (Å²) >= 11 is 0. The van der Waals surface area contributed by atoms with Gasteiger partial charge in [-0.1, -0.05) is 0 Å². The zero-order chi connectivity index (χ0) is 10.7. The van der Waals surface area contributed by atoms with Gasteiger partial charge in [-0.15, -0.1) is 0 Å². The molecule has 2 aliphatic heterocycles. The first-order chi connectivity index (χ1) is 7.31. The maximum absolute atomic E-state index is 11.7. The van der Waals surface area contributed by atoms with Crippen LogP contribution in [-0.4, -0.2) is 50.2 Å². The predicted molar refractivity (Wildman–Crippen MR) is 57.6 cm³/mol. The molecule has 4 nitrogen and oxygen atoms in total. The second-order valence-electron chi connectivity index (χ2n) is 4.52. The SMILES string of the molecule is COCC(=O)N1CC[C@@H]2NCCC[C@@H]2C1. The molecule has 2 rings (SSSR count). The zero-order valence-electron chi connectivity index (χ0n) is 9.37. The molecule has 4 heteroatoms. The molecule has 2 fully saturated rings. The van der Waals surface area contributed by atoms with E-state index in [0.717, 1.165) is 26.1 Å². The van der Waals surface area contributed by atoms with Gasteiger partial charge in [0.1, 0.15) is 6.61 Å². The number of nitrogens with zero attached hydrogens (tertiary/aromatic N) is 1. The third-order valence-corrected chi connectivity index (χ3v) is 3.51. The number of hydrogen-bond acceptors (Lipinski definition) is 3. The summed E-state index contributed by atoms with van der Waals surface area (Å²) in [6.07, 6.45) is 3.60. The molecule has 2 heterocycles. The van der Waals surface area contributed by atoms with Gasteiger partial charge in [0.2, 0.25) is 5.91 Å². The summed E-state index contributed by atoms with van der Waals surface area (Å²) in [6, 6.07) is 0.644. The average molecular weight is 212 g/mol. The summed E-state index contributed by atoms with van der Waals surface area (Å²) in [4.78, 5) is 13.6. The molecule has 0 aromatic carbocycles. The van der Waals surface area contributed by atoms with Crippen LogP contribution in [0.25, 0.3) is 0 Å². The first-order valence-corrected chi connectivity index (χ1v) is 5.81. The lowest BCUT2D eigenvalue weighted by Crippen LogP contribution is -2.53. The van der Waals surface area contributed by atoms with Crippen LogP contribution in [0.4, 0.5) is 0 Å². The van der Waals surface area contributed by atoms with Gasteiger partial charge in [-0.3, -0.25) is 4.79 Å². The summed E-state index contributed by atoms with van der Waals surface area (Å²) in [5.41, 5.74) is 0. The Morgan fingerprint density at radius 3 is 3.20 bits per heavy atom. The van der Waals surface area contributed by atoms with Gasteiger partial charge in [0.15, 0.2) is 0 Å². The van der Waals surface area contributed by atoms with Gasteiger partial charge in [-0.2, -0.15) is 0 Å². The highest BCUT2D eigenvalue weighted by molar-refractivity contribution is 5.77. The molecule has 2 atom stereocenters. The van der Waals surface area contributed by atoms with Crippen molar-refractivity contribution in [1.82, 2.24) is 10.2 Å². The molecular weight excluding hydrogens is 192 g/mol. The van der Waals surface area contributed by atoms with Gasteiger partial charge in [-0.05, 0) is 31.7 Å². The van der Waals surface area contributed by atoms with Crippen molar-refractivity contribution >= 4 is 5.91 Å². The lowest BCUT2D eigenvalue weighted by molar-refractivity contribution is -0.137. The van der Waals surface area contributed by atoms with Gasteiger partial charge in [-0.25, -0.2) is 0 Å². The predicted octanol–water partition coefficient (Wildman–Crippen LogP) is 0.233. The second kappa shape index (κ2) is 4.94. The molecule has 0 bridgehead atoms. The summed E-state index contributed by atoms with van der Waals surface area (Å²) in [5.74, 6) is 0.801. The number of carbonyl (C=O) groups is 1. The number of hydrogen-bond donors (Lipinski definition) is 1. The Morgan fingerprint density at radius 1 is 1.53 bits per heavy atom. The van der Waals surface area contributed by atoms with Crippen LogP contribution in [0.15, 0.2) is 0 Å². The Bertz CT molecular complexity index is 233. The van der Waals surface area contributed by atoms with Crippen molar-refractivity contribution < 1.29 is 9.53 Å². The van der Waals surface area contributed by atoms with Crippen LogP contribution >= 0.6 is 0 Å². The van der Waals surface area contributed by atoms with Crippen LogP contribution in [0.3, 0.4) is 0 Å². The van der Waals surface area contributed by atoms with E-state index in [0.29, 0.717) is 12.0 Å². The molecule has 0 saturated carbocycles. The van der Waals surface area contributed by atoms with Gasteiger partial charge in [0.05, 0.1) is 0 Å². The lowest BCUT2D eigenvalue weighted by Gasteiger charge is -2.41. The van der Waals surface area contributed by atoms with Crippen LogP contribution in [0.5, 0.6) is 0 Å². The fourth-order valence-corrected chi connectivity index (χ4v) is 2.69. The van der Waals surface area contributed by atoms with Crippen LogP contribution in [0, 0.1) is 5.92 Å². The minimum absolute atomic E-state index is 0.140. The van der Waals surface area contributed by atoms with Crippen molar-refractivity contribution in [2.75, 3.05) is 33.4 Å². The van der Waals surface area contributed by atoms with Crippen molar-refractivity contribution in [2.24, 2.45) is 5.92 Å². The maximum atomic E-state index is 11.7. The number of rotatable bonds is 2. The van der Waals surface area contributed by atoms with Crippen LogP contribution < -0.4 is 5.32 Å². The molecule has 0 unspecified atom stereocenters. The number of piperidine rings is 2. The van der Waals surface area contributed by atoms with Gasteiger partial charge in [0.25, 0.3) is 0 Å². The Hall–Kier alpha value is -0.610. The van der Waals surface area contributed by atoms with Gasteiger partial charge < -0.3 is 15.0 Å². The van der Waals surface area contributed by atoms with Gasteiger partial charge >= 0.3 is 0 Å². The quantitative estimate of drug-likeness (QED) is 0.712. The monoisotopic (exact) mass is 212 g/mol. The standard InChI is InChI=1S/C11H20N2O2/c1-15-8-11(14)13-6-4-10-9(7-13)3-2-5-12-10/h9-10,12H,2-8H2,1H3/t9-,10+/m1/s1. The normalized spacial score (nSPS) is 31.1. The minimum Gasteiger partial charge on any atom is -0.375 e. The molecule has 0 aliphatic carbocycles. The number of methoxy groups -OCH3 is 1. The molecule has 86 valence electrons. The fourth-order valence-electron chi connectivity index (χ4n) is 2.69. The largest absolute Gasteiger partial charge is 0.375 e. The van der Waals surface area contributed by atoms with Crippen molar-refractivity contribution in [3.05, 3.63) is 0 Å². The first kappa shape index (κ1) is 10.9. The van der Waals surface area contributed by atoms with Crippen molar-refractivity contribution in [2.45, 2.75) is 25.3 Å². The summed E-state index contributed by atoms with van der Waals surface area (Å²) in [5, 5.41) is 3.54. The summed E-state index contributed by atoms with van der Waals surface area (Å²) in [7, 11) is 1.58. The van der Waals surface area contributed by atoms with E-state index in [2.05, 4.69) is 5.32 Å². The Kier molecular flexibility index (Phi) is 3.59. The van der Waals surface area contributed by atoms with Crippen molar-refractivity contribution in [1.29, 1.82) is 0 Å². The zero-order valence-corrected chi connectivity index (χ0v) is 9.37. The second-order valence-corrected chi connectivity index (χ2v) is 4.52. The maximum Gasteiger partial charge on any atom is 0.248 e. The van der Waals surface area contributed by atoms with E-state index in [9.17, 15) is 4.79 Å². The van der Waals surface area contributed by atoms with E-state index in [1.807, 2.05) is 4.90 Å². The highest BCUT2D eigenvalue weighted by atomic mass is 16.5. The Labute approximate surface area is 91.0 Å². The van der Waals surface area contributed by atoms with E-state index in [1.54, 1.807) is 7.11 Å². The number of ether oxygens (including phenoxy) is 1. The first-order valence-electron chi connectivity index (χ1n) is 5.81. The number of likely N-dealkylation sites (tertiary alicyclic amines) is 1. The molecule has 0 radical (unpaired) electrons. The molecule has 0 aromatic heterocycles. The highest BCUT2D eigenvalue weighted by Crippen LogP contribution is 2.24. The van der Waals surface area contributed by atoms with Crippen molar-refractivity contribution in [3.8, 4) is 0 Å². The molecule has 2 saturated heterocycles. The number of fused-ring (bicyclic) bond motifs is 1. The molecule has 0 aromatic rings. The molecule has 2 aliphatic rings. The molecular formula is C11H20N2O2. The molecule has 0 spiro atoms. The lowest BCUT2D eigenvalue weighted by atomic mass is 9.85. The summed E-state index contributed by atoms with van der Waals surface area (Å²) < 4.78 is 4.89. The number of nitrogens with one attached hydrogen (secondary N) is 1. The van der Waals surface area contributed by atoms with Crippen LogP contribution in [0.1, 0.15) is 19.3 Å². The fraction of sp³-hybridized carbons (Fsp3) is 0.909. The topological polar surface area (TPSA) is 41.6 Å². The smallest absolute Gasteiger partial charge is 0.248 e. The Morgan fingerprint density at radius 2 is 2.40 bits per heavy atom. The van der Waals surface area contributed by atoms with E-state index >= 15 is 0 Å². The van der Waals surface area contributed by atoms with E-state index in [1.165, 1.54) is 12.8 Å². The van der Waals surface area contributed by atoms with Crippen LogP contribution in [-0.2, 0) is 9.53 Å². The number of amides is 1. The van der Waals surface area contributed by atoms with E-state index in [-0.39, 0.29) is 12.5 Å². The molecule has 15 heavy (non-hydrogen) atoms. The third kappa shape index (κ3) is 2.49. The highest BCUT2D eigenvalue weighted by Gasteiger charge is 2.32. The molecule has 1 N–H and O–H groups in total. The number of carbonyl (C=O) groups excluding carboxylic acids is 1.